The van der Waals surface area contributed by atoms with E-state index in [-0.39, 0.29) is 24.8 Å². The van der Waals surface area contributed by atoms with Gasteiger partial charge in [-0.15, -0.1) is 11.3 Å². The number of benzene rings is 1. The molecular weight excluding hydrogens is 352 g/mol. The summed E-state index contributed by atoms with van der Waals surface area (Å²) in [5.74, 6) is -1.01. The third kappa shape index (κ3) is 3.01. The van der Waals surface area contributed by atoms with Gasteiger partial charge in [-0.25, -0.2) is 4.98 Å². The summed E-state index contributed by atoms with van der Waals surface area (Å²) in [5.41, 5.74) is 0.908. The number of rotatable bonds is 4. The number of nitrogens with zero attached hydrogens (tertiary/aromatic N) is 2. The van der Waals surface area contributed by atoms with Gasteiger partial charge in [0.1, 0.15) is 5.01 Å². The minimum Gasteiger partial charge on any atom is -0.481 e. The van der Waals surface area contributed by atoms with Crippen LogP contribution in [0.25, 0.3) is 10.6 Å². The van der Waals surface area contributed by atoms with E-state index in [1.807, 2.05) is 35.7 Å². The SMILES string of the molecule is O=C(Cc1csc(-c2ccccc2)n1)N1C[C@H]2COCC[C@@]2(C(=O)O)C1. The Balaban J connectivity index is 1.46. The molecule has 2 aliphatic rings. The zero-order valence-corrected chi connectivity index (χ0v) is 15.1. The van der Waals surface area contributed by atoms with Gasteiger partial charge in [0.05, 0.1) is 24.1 Å². The molecule has 0 unspecified atom stereocenters. The van der Waals surface area contributed by atoms with E-state index in [1.54, 1.807) is 4.90 Å². The molecule has 3 heterocycles. The van der Waals surface area contributed by atoms with E-state index in [0.29, 0.717) is 26.2 Å². The number of amides is 1. The monoisotopic (exact) mass is 372 g/mol. The molecule has 2 aromatic rings. The molecule has 2 atom stereocenters. The number of carboxylic acids is 1. The van der Waals surface area contributed by atoms with Gasteiger partial charge in [0, 0.05) is 36.6 Å². The van der Waals surface area contributed by atoms with Crippen LogP contribution in [-0.4, -0.2) is 53.2 Å². The molecule has 7 heteroatoms. The number of hydrogen-bond acceptors (Lipinski definition) is 5. The van der Waals surface area contributed by atoms with Crippen LogP contribution in [0.3, 0.4) is 0 Å². The molecular formula is C19H20N2O4S. The van der Waals surface area contributed by atoms with Gasteiger partial charge in [-0.3, -0.25) is 9.59 Å². The van der Waals surface area contributed by atoms with Crippen LogP contribution in [0.4, 0.5) is 0 Å². The first-order valence-corrected chi connectivity index (χ1v) is 9.55. The van der Waals surface area contributed by atoms with Gasteiger partial charge in [-0.2, -0.15) is 0 Å². The molecule has 1 N–H and O–H groups in total. The van der Waals surface area contributed by atoms with E-state index in [9.17, 15) is 14.7 Å². The van der Waals surface area contributed by atoms with Crippen molar-refractivity contribution < 1.29 is 19.4 Å². The number of aliphatic carboxylic acids is 1. The maximum Gasteiger partial charge on any atom is 0.311 e. The Labute approximate surface area is 155 Å². The first kappa shape index (κ1) is 17.2. The van der Waals surface area contributed by atoms with Gasteiger partial charge in [0.2, 0.25) is 5.91 Å². The van der Waals surface area contributed by atoms with Gasteiger partial charge in [0.15, 0.2) is 0 Å². The van der Waals surface area contributed by atoms with Crippen molar-refractivity contribution in [2.75, 3.05) is 26.3 Å². The number of carboxylic acid groups (broad SMARTS) is 1. The third-order valence-electron chi connectivity index (χ3n) is 5.39. The van der Waals surface area contributed by atoms with Crippen LogP contribution in [0.15, 0.2) is 35.7 Å². The van der Waals surface area contributed by atoms with Crippen LogP contribution < -0.4 is 0 Å². The quantitative estimate of drug-likeness (QED) is 0.891. The number of likely N-dealkylation sites (tertiary alicyclic amines) is 1. The number of carbonyl (C=O) groups excluding carboxylic acids is 1. The summed E-state index contributed by atoms with van der Waals surface area (Å²) in [4.78, 5) is 30.8. The van der Waals surface area contributed by atoms with E-state index in [2.05, 4.69) is 4.98 Å². The van der Waals surface area contributed by atoms with Gasteiger partial charge in [-0.1, -0.05) is 30.3 Å². The highest BCUT2D eigenvalue weighted by molar-refractivity contribution is 7.13. The number of ether oxygens (including phenoxy) is 1. The van der Waals surface area contributed by atoms with Crippen molar-refractivity contribution in [3.05, 3.63) is 41.4 Å². The molecule has 0 bridgehead atoms. The molecule has 136 valence electrons. The van der Waals surface area contributed by atoms with Gasteiger partial charge in [0.25, 0.3) is 0 Å². The van der Waals surface area contributed by atoms with Gasteiger partial charge < -0.3 is 14.7 Å². The van der Waals surface area contributed by atoms with Crippen molar-refractivity contribution in [2.24, 2.45) is 11.3 Å². The van der Waals surface area contributed by atoms with E-state index < -0.39 is 11.4 Å². The Morgan fingerprint density at radius 2 is 2.15 bits per heavy atom. The number of hydrogen-bond donors (Lipinski definition) is 1. The van der Waals surface area contributed by atoms with Crippen LogP contribution in [0, 0.1) is 11.3 Å². The maximum absolute atomic E-state index is 12.7. The summed E-state index contributed by atoms with van der Waals surface area (Å²) in [7, 11) is 0. The predicted octanol–water partition coefficient (Wildman–Crippen LogP) is 2.30. The fourth-order valence-corrected chi connectivity index (χ4v) is 4.68. The Hall–Kier alpha value is -2.25. The van der Waals surface area contributed by atoms with Crippen molar-refractivity contribution in [3.63, 3.8) is 0 Å². The van der Waals surface area contributed by atoms with Crippen LogP contribution in [0.2, 0.25) is 0 Å². The van der Waals surface area contributed by atoms with E-state index in [1.165, 1.54) is 11.3 Å². The first-order valence-electron chi connectivity index (χ1n) is 8.67. The van der Waals surface area contributed by atoms with Crippen LogP contribution in [-0.2, 0) is 20.7 Å². The Kier molecular flexibility index (Phi) is 4.50. The highest BCUT2D eigenvalue weighted by Gasteiger charge is 2.54. The average Bonchev–Trinajstić information content (AvgIpc) is 3.27. The zero-order chi connectivity index (χ0) is 18.1. The molecule has 0 radical (unpaired) electrons. The molecule has 1 aromatic carbocycles. The number of carbonyl (C=O) groups is 2. The van der Waals surface area contributed by atoms with Crippen molar-refractivity contribution in [1.29, 1.82) is 0 Å². The molecule has 2 fully saturated rings. The number of fused-ring (bicyclic) bond motifs is 1. The Bertz CT molecular complexity index is 822. The van der Waals surface area contributed by atoms with Crippen molar-refractivity contribution >= 4 is 23.2 Å². The Morgan fingerprint density at radius 3 is 2.88 bits per heavy atom. The number of aromatic nitrogens is 1. The van der Waals surface area contributed by atoms with Gasteiger partial charge in [-0.05, 0) is 6.42 Å². The van der Waals surface area contributed by atoms with Crippen LogP contribution in [0.5, 0.6) is 0 Å². The number of thiazole rings is 1. The third-order valence-corrected chi connectivity index (χ3v) is 6.33. The van der Waals surface area contributed by atoms with Crippen LogP contribution in [0.1, 0.15) is 12.1 Å². The molecule has 1 amide bonds. The fourth-order valence-electron chi connectivity index (χ4n) is 3.86. The molecule has 0 spiro atoms. The fraction of sp³-hybridized carbons (Fsp3) is 0.421. The van der Waals surface area contributed by atoms with E-state index in [4.69, 9.17) is 4.74 Å². The lowest BCUT2D eigenvalue weighted by Crippen LogP contribution is -2.45. The summed E-state index contributed by atoms with van der Waals surface area (Å²) in [6, 6.07) is 9.86. The summed E-state index contributed by atoms with van der Waals surface area (Å²) >= 11 is 1.52. The predicted molar refractivity (Wildman–Crippen MR) is 96.8 cm³/mol. The van der Waals surface area contributed by atoms with Crippen molar-refractivity contribution in [2.45, 2.75) is 12.8 Å². The zero-order valence-electron chi connectivity index (χ0n) is 14.3. The topological polar surface area (TPSA) is 79.7 Å². The van der Waals surface area contributed by atoms with E-state index >= 15 is 0 Å². The summed E-state index contributed by atoms with van der Waals surface area (Å²) in [6.45, 7) is 1.56. The Morgan fingerprint density at radius 1 is 1.35 bits per heavy atom. The van der Waals surface area contributed by atoms with E-state index in [0.717, 1.165) is 16.3 Å². The molecule has 6 nitrogen and oxygen atoms in total. The summed E-state index contributed by atoms with van der Waals surface area (Å²) in [6.07, 6.45) is 0.665. The largest absolute Gasteiger partial charge is 0.481 e. The molecule has 2 aliphatic heterocycles. The van der Waals surface area contributed by atoms with Crippen molar-refractivity contribution in [3.8, 4) is 10.6 Å². The smallest absolute Gasteiger partial charge is 0.311 e. The second kappa shape index (κ2) is 6.81. The summed E-state index contributed by atoms with van der Waals surface area (Å²) in [5, 5.41) is 12.5. The maximum atomic E-state index is 12.7. The second-order valence-electron chi connectivity index (χ2n) is 6.94. The van der Waals surface area contributed by atoms with Crippen LogP contribution >= 0.6 is 11.3 Å². The minimum absolute atomic E-state index is 0.0649. The first-order chi connectivity index (χ1) is 12.6. The summed E-state index contributed by atoms with van der Waals surface area (Å²) < 4.78 is 5.45. The normalized spacial score (nSPS) is 25.1. The molecule has 4 rings (SSSR count). The highest BCUT2D eigenvalue weighted by atomic mass is 32.1. The van der Waals surface area contributed by atoms with Gasteiger partial charge >= 0.3 is 5.97 Å². The molecule has 26 heavy (non-hydrogen) atoms. The lowest BCUT2D eigenvalue weighted by molar-refractivity contribution is -0.157. The lowest BCUT2D eigenvalue weighted by Gasteiger charge is -2.33. The molecule has 0 aliphatic carbocycles. The van der Waals surface area contributed by atoms with Crippen molar-refractivity contribution in [1.82, 2.24) is 9.88 Å². The standard InChI is InChI=1S/C19H20N2O4S/c22-16(8-15-11-26-17(20-15)13-4-2-1-3-5-13)21-9-14-10-25-7-6-19(14,12-21)18(23)24/h1-5,11,14H,6-10,12H2,(H,23,24)/t14-,19+/m0/s1. The highest BCUT2D eigenvalue weighted by Crippen LogP contribution is 2.42. The second-order valence-corrected chi connectivity index (χ2v) is 7.80. The minimum atomic E-state index is -0.856. The average molecular weight is 372 g/mol. The molecule has 2 saturated heterocycles. The lowest BCUT2D eigenvalue weighted by atomic mass is 9.74. The molecule has 0 saturated carbocycles. The molecule has 1 aromatic heterocycles.